The molecule has 0 saturated heterocycles. The van der Waals surface area contributed by atoms with Crippen molar-refractivity contribution in [2.24, 2.45) is 0 Å². The molecule has 0 bridgehead atoms. The van der Waals surface area contributed by atoms with E-state index >= 15 is 0 Å². The van der Waals surface area contributed by atoms with E-state index in [0.717, 1.165) is 0 Å². The van der Waals surface area contributed by atoms with Crippen molar-refractivity contribution in [1.29, 1.82) is 5.26 Å². The fourth-order valence-electron chi connectivity index (χ4n) is 2.68. The van der Waals surface area contributed by atoms with Gasteiger partial charge in [0.2, 0.25) is 0 Å². The van der Waals surface area contributed by atoms with Gasteiger partial charge in [0.15, 0.2) is 6.61 Å². The number of rotatable bonds is 7. The summed E-state index contributed by atoms with van der Waals surface area (Å²) in [6.45, 7) is -0.475. The first kappa shape index (κ1) is 20.8. The highest BCUT2D eigenvalue weighted by Gasteiger charge is 2.17. The molecule has 0 spiro atoms. The third kappa shape index (κ3) is 5.13. The molecule has 0 aliphatic carbocycles. The number of nitriles is 1. The van der Waals surface area contributed by atoms with Crippen LogP contribution in [0.2, 0.25) is 0 Å². The summed E-state index contributed by atoms with van der Waals surface area (Å²) in [5.41, 5.74) is 2.01. The molecule has 0 aliphatic rings. The summed E-state index contributed by atoms with van der Waals surface area (Å²) in [7, 11) is 1.55. The van der Waals surface area contributed by atoms with E-state index in [4.69, 9.17) is 14.7 Å². The number of carbonyl (C=O) groups excluding carboxylic acids is 2. The highest BCUT2D eigenvalue weighted by Crippen LogP contribution is 2.26. The van der Waals surface area contributed by atoms with Gasteiger partial charge in [0.1, 0.15) is 16.8 Å². The van der Waals surface area contributed by atoms with Crippen LogP contribution in [0.4, 0.5) is 5.00 Å². The molecule has 0 aliphatic heterocycles. The number of ether oxygens (including phenoxy) is 2. The molecule has 7 heteroatoms. The Bertz CT molecular complexity index is 1110. The van der Waals surface area contributed by atoms with Gasteiger partial charge in [-0.05, 0) is 29.2 Å². The van der Waals surface area contributed by atoms with Crippen molar-refractivity contribution in [2.45, 2.75) is 0 Å². The minimum absolute atomic E-state index is 0.293. The molecule has 6 nitrogen and oxygen atoms in total. The second kappa shape index (κ2) is 10.0. The van der Waals surface area contributed by atoms with Gasteiger partial charge in [-0.15, -0.1) is 11.3 Å². The summed E-state index contributed by atoms with van der Waals surface area (Å²) < 4.78 is 10.6. The fraction of sp³-hybridized carbons (Fsp3) is 0.0870. The second-order valence-electron chi connectivity index (χ2n) is 6.07. The number of para-hydroxylation sites is 1. The van der Waals surface area contributed by atoms with E-state index in [-0.39, 0.29) is 0 Å². The Morgan fingerprint density at radius 1 is 1.10 bits per heavy atom. The second-order valence-corrected chi connectivity index (χ2v) is 6.98. The molecule has 30 heavy (non-hydrogen) atoms. The van der Waals surface area contributed by atoms with Gasteiger partial charge in [0.25, 0.3) is 5.91 Å². The van der Waals surface area contributed by atoms with Gasteiger partial charge in [-0.1, -0.05) is 48.5 Å². The van der Waals surface area contributed by atoms with Crippen molar-refractivity contribution >= 4 is 39.9 Å². The number of carbonyl (C=O) groups is 2. The van der Waals surface area contributed by atoms with Crippen LogP contribution in [0.1, 0.15) is 16.7 Å². The third-order valence-corrected chi connectivity index (χ3v) is 4.95. The lowest BCUT2D eigenvalue weighted by Crippen LogP contribution is -2.21. The maximum absolute atomic E-state index is 12.8. The number of amides is 1. The molecule has 0 unspecified atom stereocenters. The van der Waals surface area contributed by atoms with E-state index in [2.05, 4.69) is 5.32 Å². The van der Waals surface area contributed by atoms with E-state index in [0.29, 0.717) is 33.0 Å². The standard InChI is InChI=1S/C23H18N2O4S/c1-28-20-10-6-5-9-17(20)13-19(16-7-3-2-4-8-16)23(27)29-15-21(26)25-22-18(14-24)11-12-30-22/h2-13H,15H2,1H3,(H,25,26)/b19-13+. The molecule has 0 atom stereocenters. The zero-order valence-electron chi connectivity index (χ0n) is 16.1. The first-order valence-electron chi connectivity index (χ1n) is 8.97. The van der Waals surface area contributed by atoms with E-state index in [9.17, 15) is 9.59 Å². The minimum Gasteiger partial charge on any atom is -0.496 e. The van der Waals surface area contributed by atoms with Crippen molar-refractivity contribution in [3.63, 3.8) is 0 Å². The van der Waals surface area contributed by atoms with Gasteiger partial charge in [0, 0.05) is 5.56 Å². The molecule has 2 aromatic carbocycles. The highest BCUT2D eigenvalue weighted by molar-refractivity contribution is 7.14. The van der Waals surface area contributed by atoms with Crippen LogP contribution in [0.3, 0.4) is 0 Å². The van der Waals surface area contributed by atoms with E-state index in [1.807, 2.05) is 42.5 Å². The Kier molecular flexibility index (Phi) is 6.98. The molecule has 1 N–H and O–H groups in total. The van der Waals surface area contributed by atoms with Crippen LogP contribution >= 0.6 is 11.3 Å². The van der Waals surface area contributed by atoms with Gasteiger partial charge in [-0.3, -0.25) is 4.79 Å². The third-order valence-electron chi connectivity index (χ3n) is 4.12. The van der Waals surface area contributed by atoms with Crippen LogP contribution in [0.5, 0.6) is 5.75 Å². The fourth-order valence-corrected chi connectivity index (χ4v) is 3.44. The summed E-state index contributed by atoms with van der Waals surface area (Å²) >= 11 is 1.23. The summed E-state index contributed by atoms with van der Waals surface area (Å²) in [6, 6.07) is 19.9. The zero-order chi connectivity index (χ0) is 21.3. The zero-order valence-corrected chi connectivity index (χ0v) is 16.9. The Hall–Kier alpha value is -3.89. The van der Waals surface area contributed by atoms with Crippen molar-refractivity contribution < 1.29 is 19.1 Å². The number of thiophene rings is 1. The van der Waals surface area contributed by atoms with Crippen LogP contribution in [-0.4, -0.2) is 25.6 Å². The number of methoxy groups -OCH3 is 1. The molecule has 3 aromatic rings. The Labute approximate surface area is 178 Å². The van der Waals surface area contributed by atoms with Gasteiger partial charge < -0.3 is 14.8 Å². The molecule has 150 valence electrons. The summed E-state index contributed by atoms with van der Waals surface area (Å²) in [5.74, 6) is -0.556. The molecular formula is C23H18N2O4S. The number of anilines is 1. The molecule has 1 heterocycles. The lowest BCUT2D eigenvalue weighted by Gasteiger charge is -2.11. The minimum atomic E-state index is -0.644. The first-order chi connectivity index (χ1) is 14.6. The largest absolute Gasteiger partial charge is 0.496 e. The molecule has 1 aromatic heterocycles. The van der Waals surface area contributed by atoms with Crippen molar-refractivity contribution in [2.75, 3.05) is 19.0 Å². The number of benzene rings is 2. The van der Waals surface area contributed by atoms with Crippen LogP contribution < -0.4 is 10.1 Å². The lowest BCUT2D eigenvalue weighted by molar-refractivity contribution is -0.141. The predicted octanol–water partition coefficient (Wildman–Crippen LogP) is 4.35. The molecule has 0 saturated carbocycles. The summed E-state index contributed by atoms with van der Waals surface area (Å²) in [6.07, 6.45) is 1.67. The van der Waals surface area contributed by atoms with Crippen LogP contribution in [0.15, 0.2) is 66.0 Å². The maximum Gasteiger partial charge on any atom is 0.339 e. The molecule has 0 radical (unpaired) electrons. The summed E-state index contributed by atoms with van der Waals surface area (Å²) in [5, 5.41) is 13.7. The molecular weight excluding hydrogens is 400 g/mol. The highest BCUT2D eigenvalue weighted by atomic mass is 32.1. The Morgan fingerprint density at radius 2 is 1.83 bits per heavy atom. The van der Waals surface area contributed by atoms with Crippen molar-refractivity contribution in [3.05, 3.63) is 82.7 Å². The Morgan fingerprint density at radius 3 is 2.57 bits per heavy atom. The van der Waals surface area contributed by atoms with Crippen LogP contribution in [0, 0.1) is 11.3 Å². The smallest absolute Gasteiger partial charge is 0.339 e. The number of nitrogens with zero attached hydrogens (tertiary/aromatic N) is 1. The van der Waals surface area contributed by atoms with Crippen molar-refractivity contribution in [3.8, 4) is 11.8 Å². The maximum atomic E-state index is 12.8. The van der Waals surface area contributed by atoms with Gasteiger partial charge in [-0.2, -0.15) is 5.26 Å². The average Bonchev–Trinajstić information content (AvgIpc) is 3.23. The Balaban J connectivity index is 1.79. The first-order valence-corrected chi connectivity index (χ1v) is 9.85. The number of nitrogens with one attached hydrogen (secondary N) is 1. The number of esters is 1. The van der Waals surface area contributed by atoms with Gasteiger partial charge in [-0.25, -0.2) is 4.79 Å². The quantitative estimate of drug-likeness (QED) is 0.350. The van der Waals surface area contributed by atoms with Crippen LogP contribution in [-0.2, 0) is 14.3 Å². The molecule has 0 fully saturated rings. The SMILES string of the molecule is COc1ccccc1/C=C(/C(=O)OCC(=O)Nc1sccc1C#N)c1ccccc1. The topological polar surface area (TPSA) is 88.4 Å². The monoisotopic (exact) mass is 418 g/mol. The van der Waals surface area contributed by atoms with Gasteiger partial charge >= 0.3 is 5.97 Å². The number of hydrogen-bond acceptors (Lipinski definition) is 6. The van der Waals surface area contributed by atoms with E-state index in [1.165, 1.54) is 11.3 Å². The number of hydrogen-bond donors (Lipinski definition) is 1. The average molecular weight is 418 g/mol. The summed E-state index contributed by atoms with van der Waals surface area (Å²) in [4.78, 5) is 25.0. The molecule has 3 rings (SSSR count). The lowest BCUT2D eigenvalue weighted by atomic mass is 10.0. The van der Waals surface area contributed by atoms with Gasteiger partial charge in [0.05, 0.1) is 18.2 Å². The molecule has 1 amide bonds. The predicted molar refractivity (Wildman–Crippen MR) is 116 cm³/mol. The van der Waals surface area contributed by atoms with E-state index < -0.39 is 18.5 Å². The normalized spacial score (nSPS) is 10.7. The van der Waals surface area contributed by atoms with Crippen LogP contribution in [0.25, 0.3) is 11.6 Å². The van der Waals surface area contributed by atoms with E-state index in [1.54, 1.807) is 42.8 Å². The van der Waals surface area contributed by atoms with Crippen molar-refractivity contribution in [1.82, 2.24) is 0 Å².